The molecule has 33 heavy (non-hydrogen) atoms. The smallest absolute Gasteiger partial charge is 0.341 e. The Morgan fingerprint density at radius 2 is 1.88 bits per heavy atom. The van der Waals surface area contributed by atoms with Crippen molar-refractivity contribution in [3.8, 4) is 0 Å². The molecule has 0 fully saturated rings. The largest absolute Gasteiger partial charge is 0.462 e. The van der Waals surface area contributed by atoms with Crippen molar-refractivity contribution in [2.24, 2.45) is 0 Å². The molecule has 0 aliphatic heterocycles. The monoisotopic (exact) mass is 467 g/mol. The molecule has 1 aliphatic carbocycles. The van der Waals surface area contributed by atoms with E-state index in [0.717, 1.165) is 36.1 Å². The first-order valence-electron chi connectivity index (χ1n) is 11.1. The standard InChI is InChI=1S/C24H25N3O5S/c1-3-17(32-23(29)15-9-7-10-16-20(15)26-13-12-25-16)21(28)27-22-19(24(30)31-4-2)14-8-5-6-11-18(14)33-22/h7,9-10,12-13,17H,3-6,8,11H2,1-2H3,(H,27,28). The van der Waals surface area contributed by atoms with E-state index in [-0.39, 0.29) is 18.6 Å². The maximum absolute atomic E-state index is 13.1. The van der Waals surface area contributed by atoms with Gasteiger partial charge in [-0.2, -0.15) is 0 Å². The number of rotatable bonds is 7. The van der Waals surface area contributed by atoms with E-state index in [0.29, 0.717) is 21.6 Å². The van der Waals surface area contributed by atoms with E-state index in [1.54, 1.807) is 38.2 Å². The molecule has 9 heteroatoms. The van der Waals surface area contributed by atoms with Gasteiger partial charge in [0.25, 0.3) is 5.91 Å². The number of anilines is 1. The number of thiophene rings is 1. The van der Waals surface area contributed by atoms with Crippen LogP contribution in [0.2, 0.25) is 0 Å². The van der Waals surface area contributed by atoms with E-state index in [2.05, 4.69) is 15.3 Å². The van der Waals surface area contributed by atoms with E-state index in [1.807, 2.05) is 0 Å². The van der Waals surface area contributed by atoms with Gasteiger partial charge in [0.15, 0.2) is 6.10 Å². The molecule has 1 N–H and O–H groups in total. The second-order valence-electron chi connectivity index (χ2n) is 7.66. The predicted molar refractivity (Wildman–Crippen MR) is 125 cm³/mol. The van der Waals surface area contributed by atoms with Crippen molar-refractivity contribution >= 4 is 45.2 Å². The van der Waals surface area contributed by atoms with Crippen molar-refractivity contribution in [3.05, 3.63) is 52.2 Å². The molecule has 0 saturated heterocycles. The Labute approximate surface area is 195 Å². The van der Waals surface area contributed by atoms with Crippen LogP contribution in [0.25, 0.3) is 11.0 Å². The Morgan fingerprint density at radius 1 is 1.09 bits per heavy atom. The number of nitrogens with zero attached hydrogens (tertiary/aromatic N) is 2. The summed E-state index contributed by atoms with van der Waals surface area (Å²) in [5, 5.41) is 3.28. The molecule has 2 aromatic heterocycles. The fourth-order valence-electron chi connectivity index (χ4n) is 3.94. The van der Waals surface area contributed by atoms with Crippen LogP contribution in [0.5, 0.6) is 0 Å². The minimum absolute atomic E-state index is 0.241. The summed E-state index contributed by atoms with van der Waals surface area (Å²) in [5.41, 5.74) is 2.60. The number of amides is 1. The number of esters is 2. The number of nitrogens with one attached hydrogen (secondary N) is 1. The minimum Gasteiger partial charge on any atom is -0.462 e. The summed E-state index contributed by atoms with van der Waals surface area (Å²) in [6.45, 7) is 3.76. The number of carbonyl (C=O) groups excluding carboxylic acids is 3. The molecule has 0 radical (unpaired) electrons. The van der Waals surface area contributed by atoms with E-state index in [4.69, 9.17) is 9.47 Å². The predicted octanol–water partition coefficient (Wildman–Crippen LogP) is 4.32. The highest BCUT2D eigenvalue weighted by atomic mass is 32.1. The summed E-state index contributed by atoms with van der Waals surface area (Å²) in [5.74, 6) is -1.58. The van der Waals surface area contributed by atoms with Crippen LogP contribution < -0.4 is 5.32 Å². The van der Waals surface area contributed by atoms with Crippen LogP contribution in [0.4, 0.5) is 5.00 Å². The van der Waals surface area contributed by atoms with Gasteiger partial charge >= 0.3 is 11.9 Å². The maximum atomic E-state index is 13.1. The highest BCUT2D eigenvalue weighted by Crippen LogP contribution is 2.38. The van der Waals surface area contributed by atoms with Gasteiger partial charge in [-0.05, 0) is 56.7 Å². The molecule has 1 amide bonds. The summed E-state index contributed by atoms with van der Waals surface area (Å²) in [6, 6.07) is 5.03. The molecule has 2 heterocycles. The molecule has 0 spiro atoms. The molecular weight excluding hydrogens is 442 g/mol. The zero-order chi connectivity index (χ0) is 23.4. The normalized spacial score (nSPS) is 13.8. The summed E-state index contributed by atoms with van der Waals surface area (Å²) in [4.78, 5) is 48.1. The molecule has 1 atom stereocenters. The Balaban J connectivity index is 1.55. The molecule has 172 valence electrons. The van der Waals surface area contributed by atoms with Gasteiger partial charge in [-0.15, -0.1) is 11.3 Å². The van der Waals surface area contributed by atoms with Crippen molar-refractivity contribution in [1.82, 2.24) is 9.97 Å². The Bertz CT molecular complexity index is 1200. The summed E-state index contributed by atoms with van der Waals surface area (Å²) in [7, 11) is 0. The number of hydrogen-bond acceptors (Lipinski definition) is 8. The lowest BCUT2D eigenvalue weighted by Crippen LogP contribution is -2.32. The molecule has 1 unspecified atom stereocenters. The molecule has 0 bridgehead atoms. The van der Waals surface area contributed by atoms with Gasteiger partial charge in [0.1, 0.15) is 10.5 Å². The van der Waals surface area contributed by atoms with Gasteiger partial charge in [0.05, 0.1) is 23.3 Å². The zero-order valence-electron chi connectivity index (χ0n) is 18.6. The van der Waals surface area contributed by atoms with Crippen molar-refractivity contribution in [2.75, 3.05) is 11.9 Å². The van der Waals surface area contributed by atoms with Gasteiger partial charge in [-0.1, -0.05) is 13.0 Å². The highest BCUT2D eigenvalue weighted by molar-refractivity contribution is 7.17. The molecule has 1 aromatic carbocycles. The van der Waals surface area contributed by atoms with Gasteiger partial charge in [-0.3, -0.25) is 14.8 Å². The van der Waals surface area contributed by atoms with Crippen molar-refractivity contribution < 1.29 is 23.9 Å². The van der Waals surface area contributed by atoms with E-state index < -0.39 is 23.9 Å². The SMILES string of the molecule is CCOC(=O)c1c(NC(=O)C(CC)OC(=O)c2cccc3nccnc23)sc2c1CCCC2. The van der Waals surface area contributed by atoms with Gasteiger partial charge in [-0.25, -0.2) is 9.59 Å². The number of benzene rings is 1. The van der Waals surface area contributed by atoms with Crippen LogP contribution in [0, 0.1) is 0 Å². The molecule has 8 nitrogen and oxygen atoms in total. The van der Waals surface area contributed by atoms with Gasteiger partial charge in [0.2, 0.25) is 0 Å². The van der Waals surface area contributed by atoms with Crippen molar-refractivity contribution in [2.45, 2.75) is 52.1 Å². The number of aromatic nitrogens is 2. The number of ether oxygens (including phenoxy) is 2. The maximum Gasteiger partial charge on any atom is 0.341 e. The molecule has 4 rings (SSSR count). The number of aryl methyl sites for hydroxylation is 1. The van der Waals surface area contributed by atoms with Crippen LogP contribution >= 0.6 is 11.3 Å². The van der Waals surface area contributed by atoms with Crippen molar-refractivity contribution in [1.29, 1.82) is 0 Å². The fourth-order valence-corrected chi connectivity index (χ4v) is 5.22. The van der Waals surface area contributed by atoms with E-state index in [9.17, 15) is 14.4 Å². The molecule has 1 aliphatic rings. The molecule has 0 saturated carbocycles. The zero-order valence-corrected chi connectivity index (χ0v) is 19.4. The van der Waals surface area contributed by atoms with Gasteiger partial charge in [0, 0.05) is 17.3 Å². The number of carbonyl (C=O) groups is 3. The highest BCUT2D eigenvalue weighted by Gasteiger charge is 2.30. The summed E-state index contributed by atoms with van der Waals surface area (Å²) < 4.78 is 10.8. The van der Waals surface area contributed by atoms with Gasteiger partial charge < -0.3 is 14.8 Å². The summed E-state index contributed by atoms with van der Waals surface area (Å²) in [6.07, 6.45) is 5.98. The lowest BCUT2D eigenvalue weighted by atomic mass is 9.95. The lowest BCUT2D eigenvalue weighted by molar-refractivity contribution is -0.124. The summed E-state index contributed by atoms with van der Waals surface area (Å²) >= 11 is 1.40. The first kappa shape index (κ1) is 22.8. The number of fused-ring (bicyclic) bond motifs is 2. The molecular formula is C24H25N3O5S. The van der Waals surface area contributed by atoms with E-state index in [1.165, 1.54) is 17.5 Å². The quantitative estimate of drug-likeness (QED) is 0.516. The third-order valence-electron chi connectivity index (χ3n) is 5.52. The third-order valence-corrected chi connectivity index (χ3v) is 6.73. The first-order valence-corrected chi connectivity index (χ1v) is 11.9. The third kappa shape index (κ3) is 4.73. The fraction of sp³-hybridized carbons (Fsp3) is 0.375. The average Bonchev–Trinajstić information content (AvgIpc) is 3.19. The average molecular weight is 468 g/mol. The van der Waals surface area contributed by atoms with Crippen LogP contribution in [-0.4, -0.2) is 40.5 Å². The Morgan fingerprint density at radius 3 is 2.67 bits per heavy atom. The second-order valence-corrected chi connectivity index (χ2v) is 8.76. The second kappa shape index (κ2) is 10.1. The Kier molecular flexibility index (Phi) is 6.98. The van der Waals surface area contributed by atoms with Crippen LogP contribution in [0.3, 0.4) is 0 Å². The minimum atomic E-state index is -1.03. The number of hydrogen-bond donors (Lipinski definition) is 1. The Hall–Kier alpha value is -3.33. The lowest BCUT2D eigenvalue weighted by Gasteiger charge is -2.16. The van der Waals surface area contributed by atoms with Crippen LogP contribution in [-0.2, 0) is 27.1 Å². The van der Waals surface area contributed by atoms with Crippen LogP contribution in [0.1, 0.15) is 64.3 Å². The van der Waals surface area contributed by atoms with Crippen LogP contribution in [0.15, 0.2) is 30.6 Å². The van der Waals surface area contributed by atoms with E-state index >= 15 is 0 Å². The topological polar surface area (TPSA) is 107 Å². The molecule has 3 aromatic rings. The van der Waals surface area contributed by atoms with Crippen molar-refractivity contribution in [3.63, 3.8) is 0 Å². The number of para-hydroxylation sites is 1. The first-order chi connectivity index (χ1) is 16.0.